The van der Waals surface area contributed by atoms with E-state index < -0.39 is 21.0 Å². The maximum Gasteiger partial charge on any atom is 0.253 e. The highest BCUT2D eigenvalue weighted by atomic mass is 35.5. The first-order valence-electron chi connectivity index (χ1n) is 4.23. The van der Waals surface area contributed by atoms with Crippen molar-refractivity contribution in [1.82, 2.24) is 0 Å². The Morgan fingerprint density at radius 2 is 0.722 bits per heavy atom. The second-order valence-electron chi connectivity index (χ2n) is 3.04. The van der Waals surface area contributed by atoms with Crippen LogP contribution in [-0.2, 0) is 0 Å². The summed E-state index contributed by atoms with van der Waals surface area (Å²) in [4.78, 5) is 44.4. The quantitative estimate of drug-likeness (QED) is 0.796. The third kappa shape index (κ3) is 3.09. The van der Waals surface area contributed by atoms with Gasteiger partial charge in [-0.05, 0) is 58.5 Å². The van der Waals surface area contributed by atoms with Gasteiger partial charge in [0.15, 0.2) is 0 Å². The summed E-state index contributed by atoms with van der Waals surface area (Å²) in [7, 11) is 0. The van der Waals surface area contributed by atoms with Crippen LogP contribution in [0.5, 0.6) is 0 Å². The van der Waals surface area contributed by atoms with Crippen LogP contribution >= 0.6 is 46.4 Å². The smallest absolute Gasteiger partial charge is 0.253 e. The summed E-state index contributed by atoms with van der Waals surface area (Å²) in [5.74, 6) is 0. The van der Waals surface area contributed by atoms with Crippen LogP contribution in [0.4, 0.5) is 0 Å². The molecular formula is C10H2Cl4O4. The average Bonchev–Trinajstić information content (AvgIpc) is 2.26. The van der Waals surface area contributed by atoms with Crippen LogP contribution < -0.4 is 0 Å². The van der Waals surface area contributed by atoms with Gasteiger partial charge < -0.3 is 0 Å². The van der Waals surface area contributed by atoms with Crippen molar-refractivity contribution in [1.29, 1.82) is 0 Å². The third-order valence-corrected chi connectivity index (χ3v) is 2.82. The van der Waals surface area contributed by atoms with Crippen LogP contribution in [0.2, 0.25) is 0 Å². The number of hydrogen-bond donors (Lipinski definition) is 0. The molecule has 0 aliphatic heterocycles. The van der Waals surface area contributed by atoms with Gasteiger partial charge in [-0.1, -0.05) is 0 Å². The van der Waals surface area contributed by atoms with E-state index in [0.29, 0.717) is 0 Å². The predicted molar refractivity (Wildman–Crippen MR) is 67.2 cm³/mol. The summed E-state index contributed by atoms with van der Waals surface area (Å²) in [6.45, 7) is 0. The Balaban J connectivity index is 3.71. The molecule has 0 saturated heterocycles. The van der Waals surface area contributed by atoms with Crippen LogP contribution in [-0.4, -0.2) is 21.0 Å². The Kier molecular flexibility index (Phi) is 4.87. The van der Waals surface area contributed by atoms with Crippen molar-refractivity contribution in [3.05, 3.63) is 34.4 Å². The molecule has 0 atom stereocenters. The second-order valence-corrected chi connectivity index (χ2v) is 4.41. The predicted octanol–water partition coefficient (Wildman–Crippen LogP) is 3.20. The van der Waals surface area contributed by atoms with Gasteiger partial charge in [-0.3, -0.25) is 19.2 Å². The number of halogens is 4. The average molecular weight is 328 g/mol. The number of rotatable bonds is 4. The fourth-order valence-corrected chi connectivity index (χ4v) is 1.88. The lowest BCUT2D eigenvalue weighted by atomic mass is 10.0. The zero-order valence-electron chi connectivity index (χ0n) is 8.30. The molecule has 0 fully saturated rings. The third-order valence-electron chi connectivity index (χ3n) is 2.00. The number of hydrogen-bond acceptors (Lipinski definition) is 4. The molecule has 8 heteroatoms. The lowest BCUT2D eigenvalue weighted by Gasteiger charge is -2.07. The molecule has 18 heavy (non-hydrogen) atoms. The van der Waals surface area contributed by atoms with E-state index in [1.54, 1.807) is 0 Å². The maximum absolute atomic E-state index is 11.1. The van der Waals surface area contributed by atoms with Crippen LogP contribution in [0.3, 0.4) is 0 Å². The number of benzene rings is 1. The van der Waals surface area contributed by atoms with Gasteiger partial charge in [0.25, 0.3) is 21.0 Å². The zero-order valence-corrected chi connectivity index (χ0v) is 11.3. The van der Waals surface area contributed by atoms with Crippen LogP contribution in [0.25, 0.3) is 0 Å². The molecule has 4 nitrogen and oxygen atoms in total. The molecule has 0 amide bonds. The van der Waals surface area contributed by atoms with E-state index in [-0.39, 0.29) is 22.3 Å². The Bertz CT molecular complexity index is 481. The minimum absolute atomic E-state index is 0.331. The van der Waals surface area contributed by atoms with E-state index in [2.05, 4.69) is 0 Å². The summed E-state index contributed by atoms with van der Waals surface area (Å²) in [5, 5.41) is -4.09. The molecule has 0 bridgehead atoms. The van der Waals surface area contributed by atoms with Gasteiger partial charge in [-0.15, -0.1) is 0 Å². The molecular weight excluding hydrogens is 326 g/mol. The van der Waals surface area contributed by atoms with Crippen molar-refractivity contribution < 1.29 is 19.2 Å². The summed E-state index contributed by atoms with van der Waals surface area (Å²) in [5.41, 5.74) is -1.32. The molecule has 0 saturated carbocycles. The van der Waals surface area contributed by atoms with Crippen molar-refractivity contribution in [3.63, 3.8) is 0 Å². The van der Waals surface area contributed by atoms with Gasteiger partial charge >= 0.3 is 0 Å². The van der Waals surface area contributed by atoms with Crippen molar-refractivity contribution in [3.8, 4) is 0 Å². The lowest BCUT2D eigenvalue weighted by molar-refractivity contribution is 0.104. The van der Waals surface area contributed by atoms with Gasteiger partial charge in [0, 0.05) is 22.3 Å². The van der Waals surface area contributed by atoms with Crippen LogP contribution in [0.15, 0.2) is 12.1 Å². The van der Waals surface area contributed by atoms with Crippen molar-refractivity contribution in [2.75, 3.05) is 0 Å². The fraction of sp³-hybridized carbons (Fsp3) is 0. The monoisotopic (exact) mass is 326 g/mol. The standard InChI is InChI=1S/C10H2Cl4O4/c11-7(15)3-1-4(8(12)16)6(10(14)18)2-5(3)9(13)17/h1-2H. The van der Waals surface area contributed by atoms with E-state index >= 15 is 0 Å². The second kappa shape index (κ2) is 5.80. The van der Waals surface area contributed by atoms with E-state index in [9.17, 15) is 19.2 Å². The molecule has 1 aromatic carbocycles. The van der Waals surface area contributed by atoms with Crippen LogP contribution in [0.1, 0.15) is 41.4 Å². The van der Waals surface area contributed by atoms with E-state index in [0.717, 1.165) is 12.1 Å². The molecule has 94 valence electrons. The Labute approximate surface area is 121 Å². The molecule has 1 rings (SSSR count). The highest BCUT2D eigenvalue weighted by Gasteiger charge is 2.23. The largest absolute Gasteiger partial charge is 0.276 e. The molecule has 0 aliphatic carbocycles. The normalized spacial score (nSPS) is 10.0. The van der Waals surface area contributed by atoms with Gasteiger partial charge in [0.2, 0.25) is 0 Å². The number of carbonyl (C=O) groups excluding carboxylic acids is 4. The summed E-state index contributed by atoms with van der Waals surface area (Å²) in [6.07, 6.45) is 0. The van der Waals surface area contributed by atoms with Crippen molar-refractivity contribution in [2.24, 2.45) is 0 Å². The minimum atomic E-state index is -1.02. The highest BCUT2D eigenvalue weighted by Crippen LogP contribution is 2.23. The molecule has 0 radical (unpaired) electrons. The summed E-state index contributed by atoms with van der Waals surface area (Å²) in [6, 6.07) is 1.80. The molecule has 0 spiro atoms. The minimum Gasteiger partial charge on any atom is -0.276 e. The Morgan fingerprint density at radius 3 is 0.833 bits per heavy atom. The van der Waals surface area contributed by atoms with Gasteiger partial charge in [0.1, 0.15) is 0 Å². The summed E-state index contributed by atoms with van der Waals surface area (Å²) >= 11 is 21.0. The fourth-order valence-electron chi connectivity index (χ4n) is 1.25. The first kappa shape index (κ1) is 15.1. The first-order chi connectivity index (χ1) is 8.25. The molecule has 0 aliphatic rings. The van der Waals surface area contributed by atoms with Crippen molar-refractivity contribution in [2.45, 2.75) is 0 Å². The van der Waals surface area contributed by atoms with Crippen molar-refractivity contribution >= 4 is 67.4 Å². The molecule has 0 aromatic heterocycles. The molecule has 0 N–H and O–H groups in total. The van der Waals surface area contributed by atoms with Gasteiger partial charge in [-0.2, -0.15) is 0 Å². The lowest BCUT2D eigenvalue weighted by Crippen LogP contribution is -2.09. The number of carbonyl (C=O) groups is 4. The topological polar surface area (TPSA) is 68.3 Å². The van der Waals surface area contributed by atoms with E-state index in [4.69, 9.17) is 46.4 Å². The van der Waals surface area contributed by atoms with Crippen LogP contribution in [0, 0.1) is 0 Å². The maximum atomic E-state index is 11.1. The molecule has 1 aromatic rings. The molecule has 0 heterocycles. The van der Waals surface area contributed by atoms with E-state index in [1.165, 1.54) is 0 Å². The zero-order chi connectivity index (χ0) is 14.0. The Hall–Kier alpha value is -0.940. The summed E-state index contributed by atoms with van der Waals surface area (Å²) < 4.78 is 0. The molecule has 0 unspecified atom stereocenters. The van der Waals surface area contributed by atoms with Gasteiger partial charge in [0.05, 0.1) is 0 Å². The highest BCUT2D eigenvalue weighted by molar-refractivity contribution is 6.74. The van der Waals surface area contributed by atoms with Gasteiger partial charge in [-0.25, -0.2) is 0 Å². The first-order valence-corrected chi connectivity index (χ1v) is 5.74. The SMILES string of the molecule is O=C(Cl)c1cc(C(=O)Cl)c(C(=O)Cl)cc1C(=O)Cl. The Morgan fingerprint density at radius 1 is 0.556 bits per heavy atom. The van der Waals surface area contributed by atoms with E-state index in [1.807, 2.05) is 0 Å².